The molecule has 0 spiro atoms. The van der Waals surface area contributed by atoms with Crippen molar-refractivity contribution in [3.63, 3.8) is 0 Å². The lowest BCUT2D eigenvalue weighted by Gasteiger charge is -2.05. The van der Waals surface area contributed by atoms with Gasteiger partial charge in [0.1, 0.15) is 18.1 Å². The number of aromatic nitrogens is 2. The molecule has 0 unspecified atom stereocenters. The van der Waals surface area contributed by atoms with Crippen molar-refractivity contribution in [2.75, 3.05) is 5.43 Å². The monoisotopic (exact) mass is 278 g/mol. The zero-order valence-electron chi connectivity index (χ0n) is 10.1. The van der Waals surface area contributed by atoms with E-state index in [-0.39, 0.29) is 23.6 Å². The maximum absolute atomic E-state index is 10.9. The quantitative estimate of drug-likeness (QED) is 0.472. The van der Waals surface area contributed by atoms with Gasteiger partial charge in [0, 0.05) is 6.07 Å². The van der Waals surface area contributed by atoms with E-state index < -0.39 is 9.85 Å². The standard InChI is InChI=1S/C10H10N6O4/c11-13-9-2-1-7(3-10(9)16(19)20)5-14-6-8(4-12-14)15(17)18/h1-4,6,13H,5,11H2. The Morgan fingerprint density at radius 2 is 2.05 bits per heavy atom. The molecule has 10 nitrogen and oxygen atoms in total. The molecule has 0 aliphatic carbocycles. The molecule has 0 radical (unpaired) electrons. The summed E-state index contributed by atoms with van der Waals surface area (Å²) in [7, 11) is 0. The van der Waals surface area contributed by atoms with Gasteiger partial charge in [0.25, 0.3) is 5.69 Å². The highest BCUT2D eigenvalue weighted by molar-refractivity contribution is 5.61. The van der Waals surface area contributed by atoms with Crippen molar-refractivity contribution in [3.8, 4) is 0 Å². The number of hydrazine groups is 1. The van der Waals surface area contributed by atoms with Crippen LogP contribution >= 0.6 is 0 Å². The number of nitro groups is 2. The van der Waals surface area contributed by atoms with E-state index >= 15 is 0 Å². The zero-order valence-corrected chi connectivity index (χ0v) is 10.1. The summed E-state index contributed by atoms with van der Waals surface area (Å²) in [6, 6.07) is 4.42. The highest BCUT2D eigenvalue weighted by Gasteiger charge is 2.15. The van der Waals surface area contributed by atoms with Crippen LogP contribution < -0.4 is 11.3 Å². The predicted molar refractivity (Wildman–Crippen MR) is 68.9 cm³/mol. The number of hydrogen-bond acceptors (Lipinski definition) is 7. The Kier molecular flexibility index (Phi) is 3.57. The number of nitrogens with two attached hydrogens (primary N) is 1. The van der Waals surface area contributed by atoms with Crippen molar-refractivity contribution in [1.29, 1.82) is 0 Å². The maximum atomic E-state index is 10.9. The second kappa shape index (κ2) is 5.32. The number of nitrogen functional groups attached to an aromatic ring is 1. The minimum absolute atomic E-state index is 0.139. The summed E-state index contributed by atoms with van der Waals surface area (Å²) in [4.78, 5) is 20.3. The zero-order chi connectivity index (χ0) is 14.7. The molecule has 0 saturated carbocycles. The van der Waals surface area contributed by atoms with Crippen molar-refractivity contribution in [2.45, 2.75) is 6.54 Å². The first-order valence-electron chi connectivity index (χ1n) is 5.42. The van der Waals surface area contributed by atoms with Crippen LogP contribution in [-0.2, 0) is 6.54 Å². The van der Waals surface area contributed by atoms with E-state index in [0.29, 0.717) is 5.56 Å². The van der Waals surface area contributed by atoms with Crippen molar-refractivity contribution in [1.82, 2.24) is 9.78 Å². The average Bonchev–Trinajstić information content (AvgIpc) is 2.87. The van der Waals surface area contributed by atoms with Gasteiger partial charge in [0.2, 0.25) is 0 Å². The number of anilines is 1. The van der Waals surface area contributed by atoms with Gasteiger partial charge < -0.3 is 5.43 Å². The molecule has 0 atom stereocenters. The second-order valence-corrected chi connectivity index (χ2v) is 3.91. The van der Waals surface area contributed by atoms with Crippen molar-refractivity contribution in [3.05, 3.63) is 56.4 Å². The van der Waals surface area contributed by atoms with E-state index in [4.69, 9.17) is 5.84 Å². The van der Waals surface area contributed by atoms with Crippen LogP contribution in [0.1, 0.15) is 5.56 Å². The highest BCUT2D eigenvalue weighted by Crippen LogP contribution is 2.25. The van der Waals surface area contributed by atoms with Crippen LogP contribution in [0.2, 0.25) is 0 Å². The van der Waals surface area contributed by atoms with Gasteiger partial charge in [-0.25, -0.2) is 0 Å². The fourth-order valence-corrected chi connectivity index (χ4v) is 1.67. The Morgan fingerprint density at radius 3 is 2.60 bits per heavy atom. The van der Waals surface area contributed by atoms with Gasteiger partial charge in [-0.3, -0.25) is 30.8 Å². The van der Waals surface area contributed by atoms with Crippen LogP contribution in [0.25, 0.3) is 0 Å². The number of rotatable bonds is 5. The number of benzene rings is 1. The van der Waals surface area contributed by atoms with Crippen LogP contribution in [-0.4, -0.2) is 19.6 Å². The maximum Gasteiger partial charge on any atom is 0.307 e. The lowest BCUT2D eigenvalue weighted by atomic mass is 10.1. The molecule has 0 fully saturated rings. The highest BCUT2D eigenvalue weighted by atomic mass is 16.6. The van der Waals surface area contributed by atoms with Gasteiger partial charge in [-0.1, -0.05) is 6.07 Å². The summed E-state index contributed by atoms with van der Waals surface area (Å²) >= 11 is 0. The minimum atomic E-state index is -0.565. The fourth-order valence-electron chi connectivity index (χ4n) is 1.67. The molecule has 10 heteroatoms. The van der Waals surface area contributed by atoms with Gasteiger partial charge >= 0.3 is 5.69 Å². The lowest BCUT2D eigenvalue weighted by molar-refractivity contribution is -0.385. The first-order valence-corrected chi connectivity index (χ1v) is 5.42. The van der Waals surface area contributed by atoms with Crippen LogP contribution in [0.5, 0.6) is 0 Å². The number of hydrogen-bond donors (Lipinski definition) is 2. The van der Waals surface area contributed by atoms with E-state index in [1.165, 1.54) is 23.0 Å². The van der Waals surface area contributed by atoms with Crippen LogP contribution in [0.4, 0.5) is 17.1 Å². The summed E-state index contributed by atoms with van der Waals surface area (Å²) in [5.74, 6) is 5.18. The molecular weight excluding hydrogens is 268 g/mol. The molecule has 0 aliphatic heterocycles. The van der Waals surface area contributed by atoms with Crippen LogP contribution in [0.3, 0.4) is 0 Å². The number of nitrogens with zero attached hydrogens (tertiary/aromatic N) is 4. The second-order valence-electron chi connectivity index (χ2n) is 3.91. The lowest BCUT2D eigenvalue weighted by Crippen LogP contribution is -2.09. The SMILES string of the molecule is NNc1ccc(Cn2cc([N+](=O)[O-])cn2)cc1[N+](=O)[O-]. The Bertz CT molecular complexity index is 668. The molecule has 0 aliphatic rings. The molecule has 1 aromatic heterocycles. The Morgan fingerprint density at radius 1 is 1.30 bits per heavy atom. The Labute approximate surface area is 112 Å². The molecule has 0 saturated heterocycles. The van der Waals surface area contributed by atoms with Gasteiger partial charge in [-0.15, -0.1) is 0 Å². The van der Waals surface area contributed by atoms with E-state index in [2.05, 4.69) is 10.5 Å². The largest absolute Gasteiger partial charge is 0.318 e. The van der Waals surface area contributed by atoms with Crippen LogP contribution in [0, 0.1) is 20.2 Å². The molecule has 20 heavy (non-hydrogen) atoms. The number of nitro benzene ring substituents is 1. The van der Waals surface area contributed by atoms with Gasteiger partial charge in [-0.05, 0) is 11.6 Å². The van der Waals surface area contributed by atoms with Crippen LogP contribution in [0.15, 0.2) is 30.6 Å². The fraction of sp³-hybridized carbons (Fsp3) is 0.100. The summed E-state index contributed by atoms with van der Waals surface area (Å²) in [6.07, 6.45) is 2.37. The molecule has 104 valence electrons. The van der Waals surface area contributed by atoms with Gasteiger partial charge in [0.05, 0.1) is 16.4 Å². The topological polar surface area (TPSA) is 142 Å². The molecule has 2 aromatic rings. The number of nitrogens with one attached hydrogen (secondary N) is 1. The summed E-state index contributed by atoms with van der Waals surface area (Å²) in [5.41, 5.74) is 2.68. The van der Waals surface area contributed by atoms with Crippen molar-refractivity contribution in [2.24, 2.45) is 5.84 Å². The molecule has 0 amide bonds. The first kappa shape index (κ1) is 13.4. The molecule has 1 heterocycles. The summed E-state index contributed by atoms with van der Waals surface area (Å²) in [5, 5.41) is 25.2. The molecule has 1 aromatic carbocycles. The molecule has 0 bridgehead atoms. The Balaban J connectivity index is 2.26. The summed E-state index contributed by atoms with van der Waals surface area (Å²) in [6.45, 7) is 0.180. The first-order chi connectivity index (χ1) is 9.51. The predicted octanol–water partition coefficient (Wildman–Crippen LogP) is 1.03. The minimum Gasteiger partial charge on any atom is -0.318 e. The van der Waals surface area contributed by atoms with E-state index in [0.717, 1.165) is 6.20 Å². The van der Waals surface area contributed by atoms with Crippen molar-refractivity contribution >= 4 is 17.1 Å². The molecule has 2 rings (SSSR count). The Hall–Kier alpha value is -3.01. The van der Waals surface area contributed by atoms with E-state index in [1.807, 2.05) is 0 Å². The van der Waals surface area contributed by atoms with E-state index in [9.17, 15) is 20.2 Å². The third kappa shape index (κ3) is 2.70. The normalized spacial score (nSPS) is 10.2. The molecule has 3 N–H and O–H groups in total. The third-order valence-electron chi connectivity index (χ3n) is 2.59. The van der Waals surface area contributed by atoms with Gasteiger partial charge in [0.15, 0.2) is 0 Å². The smallest absolute Gasteiger partial charge is 0.307 e. The van der Waals surface area contributed by atoms with Gasteiger partial charge in [-0.2, -0.15) is 5.10 Å². The van der Waals surface area contributed by atoms with E-state index in [1.54, 1.807) is 6.07 Å². The molecular formula is C10H10N6O4. The summed E-state index contributed by atoms with van der Waals surface area (Å²) < 4.78 is 1.33. The third-order valence-corrected chi connectivity index (χ3v) is 2.59. The van der Waals surface area contributed by atoms with Crippen molar-refractivity contribution < 1.29 is 9.85 Å². The average molecular weight is 278 g/mol.